The van der Waals surface area contributed by atoms with E-state index in [0.29, 0.717) is 10.7 Å². The van der Waals surface area contributed by atoms with Gasteiger partial charge < -0.3 is 14.7 Å². The Hall–Kier alpha value is -2.25. The average Bonchev–Trinajstić information content (AvgIpc) is 2.75. The molecule has 7 heteroatoms. The highest BCUT2D eigenvalue weighted by atomic mass is 35.5. The van der Waals surface area contributed by atoms with Gasteiger partial charge in [0.1, 0.15) is 0 Å². The van der Waals surface area contributed by atoms with Crippen LogP contribution < -0.4 is 0 Å². The number of aliphatic hydroxyl groups is 1. The normalized spacial score (nSPS) is 14.5. The minimum atomic E-state index is -1.04. The Kier molecular flexibility index (Phi) is 8.43. The number of amides is 1. The van der Waals surface area contributed by atoms with Gasteiger partial charge in [-0.15, -0.1) is 0 Å². The molecule has 1 amide bonds. The van der Waals surface area contributed by atoms with Gasteiger partial charge in [0.05, 0.1) is 29.5 Å². The zero-order valence-corrected chi connectivity index (χ0v) is 19.8. The van der Waals surface area contributed by atoms with Gasteiger partial charge in [-0.1, -0.05) is 29.8 Å². The fraction of sp³-hybridized carbons (Fsp3) is 0.440. The van der Waals surface area contributed by atoms with E-state index in [0.717, 1.165) is 38.2 Å². The maximum atomic E-state index is 13.1. The summed E-state index contributed by atoms with van der Waals surface area (Å²) in [5.41, 5.74) is 3.19. The molecular weight excluding hydrogens is 426 g/mol. The van der Waals surface area contributed by atoms with E-state index in [1.165, 1.54) is 11.1 Å². The molecule has 172 valence electrons. The van der Waals surface area contributed by atoms with E-state index in [9.17, 15) is 9.90 Å². The molecule has 0 aliphatic carbocycles. The highest BCUT2D eigenvalue weighted by molar-refractivity contribution is 6.31. The molecule has 1 aromatic carbocycles. The summed E-state index contributed by atoms with van der Waals surface area (Å²) in [6, 6.07) is 9.73. The molecule has 1 aliphatic heterocycles. The standard InChI is InChI=1S/C25H32ClN3O3/c1-25(2,31)18-29(17-23-22(26)8-5-12-27-23)24(30)10-9-19-6-4-7-20-16-28(14-15-32-3)13-11-21(19)20/h4-10,12,31H,11,13-18H2,1-3H3/b10-9+. The lowest BCUT2D eigenvalue weighted by Crippen LogP contribution is -2.41. The van der Waals surface area contributed by atoms with Gasteiger partial charge in [-0.2, -0.15) is 0 Å². The van der Waals surface area contributed by atoms with E-state index in [1.54, 1.807) is 50.3 Å². The molecule has 0 radical (unpaired) electrons. The van der Waals surface area contributed by atoms with Gasteiger partial charge in [-0.25, -0.2) is 0 Å². The van der Waals surface area contributed by atoms with Crippen molar-refractivity contribution in [2.45, 2.75) is 39.0 Å². The topological polar surface area (TPSA) is 65.9 Å². The number of hydrogen-bond donors (Lipinski definition) is 1. The lowest BCUT2D eigenvalue weighted by atomic mass is 9.94. The first-order valence-corrected chi connectivity index (χ1v) is 11.3. The Balaban J connectivity index is 1.76. The van der Waals surface area contributed by atoms with Crippen LogP contribution in [0.1, 0.15) is 36.2 Å². The first kappa shape index (κ1) is 24.4. The first-order valence-electron chi connectivity index (χ1n) is 10.9. The molecule has 2 heterocycles. The third-order valence-electron chi connectivity index (χ3n) is 5.46. The van der Waals surface area contributed by atoms with Crippen molar-refractivity contribution in [3.63, 3.8) is 0 Å². The van der Waals surface area contributed by atoms with Crippen molar-refractivity contribution in [2.24, 2.45) is 0 Å². The molecule has 2 aromatic rings. The number of aromatic nitrogens is 1. The van der Waals surface area contributed by atoms with E-state index < -0.39 is 5.60 Å². The second-order valence-corrected chi connectivity index (χ2v) is 9.18. The van der Waals surface area contributed by atoms with Gasteiger partial charge >= 0.3 is 0 Å². The second kappa shape index (κ2) is 11.1. The molecule has 0 saturated heterocycles. The van der Waals surface area contributed by atoms with E-state index in [-0.39, 0.29) is 19.0 Å². The van der Waals surface area contributed by atoms with Crippen LogP contribution in [0.5, 0.6) is 0 Å². The second-order valence-electron chi connectivity index (χ2n) is 8.78. The van der Waals surface area contributed by atoms with Gasteiger partial charge in [-0.3, -0.25) is 14.7 Å². The Morgan fingerprint density at radius 3 is 2.88 bits per heavy atom. The Labute approximate surface area is 195 Å². The summed E-state index contributed by atoms with van der Waals surface area (Å²) in [4.78, 5) is 21.3. The monoisotopic (exact) mass is 457 g/mol. The summed E-state index contributed by atoms with van der Waals surface area (Å²) < 4.78 is 5.20. The number of halogens is 1. The van der Waals surface area contributed by atoms with Gasteiger partial charge in [0.25, 0.3) is 0 Å². The smallest absolute Gasteiger partial charge is 0.247 e. The summed E-state index contributed by atoms with van der Waals surface area (Å²) >= 11 is 6.25. The van der Waals surface area contributed by atoms with Crippen molar-refractivity contribution in [2.75, 3.05) is 33.4 Å². The van der Waals surface area contributed by atoms with E-state index >= 15 is 0 Å². The minimum absolute atomic E-state index is 0.171. The molecule has 0 saturated carbocycles. The zero-order valence-electron chi connectivity index (χ0n) is 19.1. The van der Waals surface area contributed by atoms with Crippen LogP contribution in [0.25, 0.3) is 6.08 Å². The van der Waals surface area contributed by atoms with Crippen LogP contribution in [-0.4, -0.2) is 64.7 Å². The Morgan fingerprint density at radius 2 is 2.16 bits per heavy atom. The largest absolute Gasteiger partial charge is 0.389 e. The maximum Gasteiger partial charge on any atom is 0.247 e. The summed E-state index contributed by atoms with van der Waals surface area (Å²) in [5, 5.41) is 10.8. The van der Waals surface area contributed by atoms with Crippen LogP contribution in [0.15, 0.2) is 42.6 Å². The first-order chi connectivity index (χ1) is 15.3. The molecule has 0 spiro atoms. The van der Waals surface area contributed by atoms with Crippen LogP contribution in [0.4, 0.5) is 0 Å². The van der Waals surface area contributed by atoms with Gasteiger partial charge in [-0.05, 0) is 55.2 Å². The highest BCUT2D eigenvalue weighted by Crippen LogP contribution is 2.24. The molecule has 0 unspecified atom stereocenters. The lowest BCUT2D eigenvalue weighted by Gasteiger charge is -2.29. The predicted octanol–water partition coefficient (Wildman–Crippen LogP) is 3.55. The fourth-order valence-corrected chi connectivity index (χ4v) is 4.11. The number of rotatable bonds is 9. The Morgan fingerprint density at radius 1 is 1.34 bits per heavy atom. The van der Waals surface area contributed by atoms with Crippen molar-refractivity contribution >= 4 is 23.6 Å². The van der Waals surface area contributed by atoms with Crippen LogP contribution in [-0.2, 0) is 29.0 Å². The molecule has 1 aliphatic rings. The van der Waals surface area contributed by atoms with Gasteiger partial charge in [0.15, 0.2) is 0 Å². The number of hydrogen-bond acceptors (Lipinski definition) is 5. The summed E-state index contributed by atoms with van der Waals surface area (Å²) in [6.07, 6.45) is 6.04. The molecule has 0 fully saturated rings. The van der Waals surface area contributed by atoms with Crippen molar-refractivity contribution in [3.8, 4) is 0 Å². The summed E-state index contributed by atoms with van der Waals surface area (Å²) in [6.45, 7) is 7.26. The molecule has 1 aromatic heterocycles. The SMILES string of the molecule is COCCN1CCc2c(/C=C/C(=O)N(Cc3ncccc3Cl)CC(C)(C)O)cccc2C1. The van der Waals surface area contributed by atoms with Gasteiger partial charge in [0.2, 0.25) is 5.91 Å². The van der Waals surface area contributed by atoms with Crippen LogP contribution >= 0.6 is 11.6 Å². The molecule has 32 heavy (non-hydrogen) atoms. The summed E-state index contributed by atoms with van der Waals surface area (Å²) in [5.74, 6) is -0.191. The molecule has 0 bridgehead atoms. The van der Waals surface area contributed by atoms with Crippen molar-refractivity contribution in [1.29, 1.82) is 0 Å². The minimum Gasteiger partial charge on any atom is -0.389 e. The number of carbonyl (C=O) groups excluding carboxylic acids is 1. The number of carbonyl (C=O) groups is 1. The van der Waals surface area contributed by atoms with Crippen molar-refractivity contribution < 1.29 is 14.6 Å². The third-order valence-corrected chi connectivity index (χ3v) is 5.81. The summed E-state index contributed by atoms with van der Waals surface area (Å²) in [7, 11) is 1.72. The van der Waals surface area contributed by atoms with Crippen molar-refractivity contribution in [3.05, 3.63) is 70.0 Å². The lowest BCUT2D eigenvalue weighted by molar-refractivity contribution is -0.129. The number of ether oxygens (including phenoxy) is 1. The Bertz CT molecular complexity index is 956. The number of benzene rings is 1. The molecule has 0 atom stereocenters. The number of methoxy groups -OCH3 is 1. The molecule has 1 N–H and O–H groups in total. The molecule has 3 rings (SSSR count). The van der Waals surface area contributed by atoms with Crippen LogP contribution in [0.2, 0.25) is 5.02 Å². The number of nitrogens with zero attached hydrogens (tertiary/aromatic N) is 3. The van der Waals surface area contributed by atoms with Crippen LogP contribution in [0.3, 0.4) is 0 Å². The predicted molar refractivity (Wildman–Crippen MR) is 127 cm³/mol. The third kappa shape index (κ3) is 6.87. The zero-order chi connectivity index (χ0) is 23.1. The number of pyridine rings is 1. The van der Waals surface area contributed by atoms with Gasteiger partial charge in [0, 0.05) is 45.6 Å². The van der Waals surface area contributed by atoms with Crippen molar-refractivity contribution in [1.82, 2.24) is 14.8 Å². The number of fused-ring (bicyclic) bond motifs is 1. The van der Waals surface area contributed by atoms with Crippen LogP contribution in [0, 0.1) is 0 Å². The van der Waals surface area contributed by atoms with E-state index in [4.69, 9.17) is 16.3 Å². The molecular formula is C25H32ClN3O3. The average molecular weight is 458 g/mol. The van der Waals surface area contributed by atoms with E-state index in [1.807, 2.05) is 18.2 Å². The van der Waals surface area contributed by atoms with E-state index in [2.05, 4.69) is 16.0 Å². The fourth-order valence-electron chi connectivity index (χ4n) is 3.93. The quantitative estimate of drug-likeness (QED) is 0.583. The maximum absolute atomic E-state index is 13.1. The molecule has 6 nitrogen and oxygen atoms in total. The highest BCUT2D eigenvalue weighted by Gasteiger charge is 2.23.